The zero-order valence-electron chi connectivity index (χ0n) is 15.6. The summed E-state index contributed by atoms with van der Waals surface area (Å²) in [6.45, 7) is 1.93. The number of carbonyl (C=O) groups excluding carboxylic acids is 2. The summed E-state index contributed by atoms with van der Waals surface area (Å²) in [6.07, 6.45) is 1.67. The number of fused-ring (bicyclic) bond motifs is 1. The number of nitrogen functional groups attached to an aromatic ring is 1. The van der Waals surface area contributed by atoms with Crippen molar-refractivity contribution in [3.63, 3.8) is 0 Å². The fraction of sp³-hybridized carbons (Fsp3) is 0.0435. The highest BCUT2D eigenvalue weighted by molar-refractivity contribution is 6.20. The summed E-state index contributed by atoms with van der Waals surface area (Å²) in [6, 6.07) is 17.9. The molecule has 0 aliphatic rings. The van der Waals surface area contributed by atoms with Crippen LogP contribution in [0, 0.1) is 12.7 Å². The molecule has 2 aromatic carbocycles. The number of aromatic nitrogens is 1. The molecule has 3 N–H and O–H groups in total. The normalized spacial score (nSPS) is 10.8. The highest BCUT2D eigenvalue weighted by Gasteiger charge is 2.26. The molecule has 1 amide bonds. The van der Waals surface area contributed by atoms with E-state index in [0.29, 0.717) is 11.2 Å². The van der Waals surface area contributed by atoms with Gasteiger partial charge in [0.15, 0.2) is 0 Å². The summed E-state index contributed by atoms with van der Waals surface area (Å²) in [5.74, 6) is -1.24. The number of nitrogens with one attached hydrogen (secondary N) is 1. The number of aryl methyl sites for hydroxylation is 1. The molecule has 0 fully saturated rings. The maximum atomic E-state index is 13.2. The highest BCUT2D eigenvalue weighted by Crippen LogP contribution is 2.29. The summed E-state index contributed by atoms with van der Waals surface area (Å²) >= 11 is 0. The Kier molecular flexibility index (Phi) is 4.60. The zero-order chi connectivity index (χ0) is 20.5. The third kappa shape index (κ3) is 3.36. The fourth-order valence-corrected chi connectivity index (χ4v) is 3.35. The van der Waals surface area contributed by atoms with E-state index in [1.54, 1.807) is 34.9 Å². The maximum Gasteiger partial charge on any atom is 0.259 e. The molecule has 2 aromatic heterocycles. The van der Waals surface area contributed by atoms with Gasteiger partial charge in [-0.1, -0.05) is 18.2 Å². The molecule has 0 spiro atoms. The van der Waals surface area contributed by atoms with Crippen molar-refractivity contribution in [2.45, 2.75) is 6.92 Å². The van der Waals surface area contributed by atoms with Crippen LogP contribution in [-0.2, 0) is 0 Å². The Morgan fingerprint density at radius 1 is 1.00 bits per heavy atom. The topological polar surface area (TPSA) is 76.6 Å². The molecule has 5 nitrogen and oxygen atoms in total. The van der Waals surface area contributed by atoms with Gasteiger partial charge in [0, 0.05) is 17.4 Å². The number of pyridine rings is 1. The second-order valence-corrected chi connectivity index (χ2v) is 6.75. The van der Waals surface area contributed by atoms with Crippen molar-refractivity contribution in [2.75, 3.05) is 11.1 Å². The molecular weight excluding hydrogens is 369 g/mol. The average Bonchev–Trinajstić information content (AvgIpc) is 3.00. The number of carbonyl (C=O) groups is 2. The molecule has 0 atom stereocenters. The molecule has 0 saturated carbocycles. The van der Waals surface area contributed by atoms with Gasteiger partial charge in [-0.3, -0.25) is 9.59 Å². The number of nitrogens with zero attached hydrogens (tertiary/aromatic N) is 1. The Bertz CT molecular complexity index is 1240. The predicted molar refractivity (Wildman–Crippen MR) is 111 cm³/mol. The monoisotopic (exact) mass is 387 g/mol. The molecule has 4 aromatic rings. The van der Waals surface area contributed by atoms with Crippen LogP contribution in [0.2, 0.25) is 0 Å². The molecule has 6 heteroatoms. The van der Waals surface area contributed by atoms with Gasteiger partial charge in [-0.2, -0.15) is 0 Å². The molecule has 2 heterocycles. The first-order chi connectivity index (χ1) is 14.0. The van der Waals surface area contributed by atoms with Crippen LogP contribution in [-0.4, -0.2) is 16.1 Å². The summed E-state index contributed by atoms with van der Waals surface area (Å²) in [4.78, 5) is 26.1. The number of hydrogen-bond acceptors (Lipinski definition) is 3. The van der Waals surface area contributed by atoms with E-state index in [1.165, 1.54) is 24.3 Å². The van der Waals surface area contributed by atoms with Gasteiger partial charge < -0.3 is 15.5 Å². The van der Waals surface area contributed by atoms with E-state index in [9.17, 15) is 14.0 Å². The van der Waals surface area contributed by atoms with Crippen molar-refractivity contribution in [3.8, 4) is 0 Å². The van der Waals surface area contributed by atoms with E-state index in [4.69, 9.17) is 5.73 Å². The number of rotatable bonds is 4. The first-order valence-electron chi connectivity index (χ1n) is 9.02. The summed E-state index contributed by atoms with van der Waals surface area (Å²) in [5, 5.41) is 2.84. The molecule has 0 saturated heterocycles. The molecular formula is C23H18FN3O2. The average molecular weight is 387 g/mol. The summed E-state index contributed by atoms with van der Waals surface area (Å²) in [5.41, 5.74) is 9.20. The summed E-state index contributed by atoms with van der Waals surface area (Å²) in [7, 11) is 0. The van der Waals surface area contributed by atoms with Crippen LogP contribution < -0.4 is 11.1 Å². The van der Waals surface area contributed by atoms with Crippen molar-refractivity contribution >= 4 is 28.6 Å². The predicted octanol–water partition coefficient (Wildman–Crippen LogP) is 4.45. The van der Waals surface area contributed by atoms with Crippen molar-refractivity contribution in [1.82, 2.24) is 4.40 Å². The van der Waals surface area contributed by atoms with E-state index in [-0.39, 0.29) is 22.5 Å². The van der Waals surface area contributed by atoms with Crippen LogP contribution in [0.25, 0.3) is 5.52 Å². The van der Waals surface area contributed by atoms with Crippen molar-refractivity contribution in [1.29, 1.82) is 0 Å². The van der Waals surface area contributed by atoms with Crippen LogP contribution in [0.5, 0.6) is 0 Å². The minimum atomic E-state index is -0.437. The lowest BCUT2D eigenvalue weighted by Crippen LogP contribution is -2.14. The number of ketones is 1. The first kappa shape index (κ1) is 18.4. The molecule has 0 aliphatic carbocycles. The van der Waals surface area contributed by atoms with Gasteiger partial charge in [0.2, 0.25) is 5.78 Å². The molecule has 0 radical (unpaired) electrons. The smallest absolute Gasteiger partial charge is 0.259 e. The SMILES string of the molecule is Cc1cccc(NC(=O)c2c(N)c(C(=O)c3ccc(F)cc3)n3ccccc23)c1. The minimum Gasteiger partial charge on any atom is -0.396 e. The number of amides is 1. The van der Waals surface area contributed by atoms with E-state index in [0.717, 1.165) is 5.56 Å². The number of hydrogen-bond donors (Lipinski definition) is 2. The Hall–Kier alpha value is -3.93. The third-order valence-electron chi connectivity index (χ3n) is 4.71. The number of halogens is 1. The van der Waals surface area contributed by atoms with E-state index in [1.807, 2.05) is 25.1 Å². The van der Waals surface area contributed by atoms with Gasteiger partial charge in [-0.15, -0.1) is 0 Å². The number of benzene rings is 2. The van der Waals surface area contributed by atoms with Gasteiger partial charge in [0.25, 0.3) is 5.91 Å². The molecule has 0 unspecified atom stereocenters. The minimum absolute atomic E-state index is 0.0793. The lowest BCUT2D eigenvalue weighted by molar-refractivity contribution is 0.102. The zero-order valence-corrected chi connectivity index (χ0v) is 15.6. The summed E-state index contributed by atoms with van der Waals surface area (Å²) < 4.78 is 14.8. The largest absolute Gasteiger partial charge is 0.396 e. The van der Waals surface area contributed by atoms with E-state index >= 15 is 0 Å². The van der Waals surface area contributed by atoms with Crippen LogP contribution in [0.3, 0.4) is 0 Å². The number of nitrogens with two attached hydrogens (primary N) is 1. The quantitative estimate of drug-likeness (QED) is 0.508. The first-order valence-corrected chi connectivity index (χ1v) is 9.02. The molecule has 4 rings (SSSR count). The van der Waals surface area contributed by atoms with Gasteiger partial charge >= 0.3 is 0 Å². The van der Waals surface area contributed by atoms with E-state index in [2.05, 4.69) is 5.32 Å². The Labute approximate surface area is 166 Å². The second kappa shape index (κ2) is 7.24. The van der Waals surface area contributed by atoms with Gasteiger partial charge in [0.1, 0.15) is 11.5 Å². The van der Waals surface area contributed by atoms with Crippen LogP contribution in [0.1, 0.15) is 32.0 Å². The standard InChI is InChI=1S/C23H18FN3O2/c1-14-5-4-6-17(13-14)26-23(29)19-18-7-2-3-12-27(18)21(20(19)25)22(28)15-8-10-16(24)11-9-15/h2-13H,25H2,1H3,(H,26,29). The lowest BCUT2D eigenvalue weighted by Gasteiger charge is -2.06. The van der Waals surface area contributed by atoms with Gasteiger partial charge in [0.05, 0.1) is 16.8 Å². The lowest BCUT2D eigenvalue weighted by atomic mass is 10.1. The molecule has 144 valence electrons. The van der Waals surface area contributed by atoms with Crippen molar-refractivity contribution in [3.05, 3.63) is 101 Å². The second-order valence-electron chi connectivity index (χ2n) is 6.75. The Morgan fingerprint density at radius 2 is 1.76 bits per heavy atom. The molecule has 0 bridgehead atoms. The van der Waals surface area contributed by atoms with Gasteiger partial charge in [-0.05, 0) is 61.0 Å². The van der Waals surface area contributed by atoms with Crippen LogP contribution in [0.15, 0.2) is 72.9 Å². The Morgan fingerprint density at radius 3 is 2.48 bits per heavy atom. The number of anilines is 2. The molecule has 0 aliphatic heterocycles. The molecule has 29 heavy (non-hydrogen) atoms. The fourth-order valence-electron chi connectivity index (χ4n) is 3.35. The maximum absolute atomic E-state index is 13.2. The van der Waals surface area contributed by atoms with Crippen molar-refractivity contribution in [2.24, 2.45) is 0 Å². The highest BCUT2D eigenvalue weighted by atomic mass is 19.1. The van der Waals surface area contributed by atoms with Crippen molar-refractivity contribution < 1.29 is 14.0 Å². The van der Waals surface area contributed by atoms with Crippen LogP contribution >= 0.6 is 0 Å². The van der Waals surface area contributed by atoms with Crippen LogP contribution in [0.4, 0.5) is 15.8 Å². The Balaban J connectivity index is 1.81. The van der Waals surface area contributed by atoms with Gasteiger partial charge in [-0.25, -0.2) is 4.39 Å². The third-order valence-corrected chi connectivity index (χ3v) is 4.71. The van der Waals surface area contributed by atoms with E-state index < -0.39 is 17.5 Å².